The number of aromatic nitrogens is 1. The first-order chi connectivity index (χ1) is 7.24. The highest BCUT2D eigenvalue weighted by atomic mass is 32.2. The van der Waals surface area contributed by atoms with Crippen LogP contribution in [0, 0.1) is 0 Å². The quantitative estimate of drug-likeness (QED) is 0.736. The lowest BCUT2D eigenvalue weighted by Crippen LogP contribution is -2.40. The Hall–Kier alpha value is -1.01. The molecule has 1 aromatic rings. The molecule has 0 spiro atoms. The summed E-state index contributed by atoms with van der Waals surface area (Å²) in [5, 5.41) is 6.37. The van der Waals surface area contributed by atoms with Gasteiger partial charge in [0.05, 0.1) is 12.6 Å². The van der Waals surface area contributed by atoms with Crippen LogP contribution in [0.5, 0.6) is 0 Å². The Kier molecular flexibility index (Phi) is 5.20. The minimum atomic E-state index is -0.440. The number of nitrogens with one attached hydrogen (secondary N) is 1. The zero-order valence-electron chi connectivity index (χ0n) is 8.60. The van der Waals surface area contributed by atoms with E-state index >= 15 is 0 Å². The Morgan fingerprint density at radius 2 is 2.60 bits per heavy atom. The van der Waals surface area contributed by atoms with Gasteiger partial charge < -0.3 is 15.6 Å². The molecule has 0 saturated carbocycles. The fourth-order valence-corrected chi connectivity index (χ4v) is 1.50. The fourth-order valence-electron chi connectivity index (χ4n) is 1.01. The molecule has 0 fully saturated rings. The summed E-state index contributed by atoms with van der Waals surface area (Å²) in [6.07, 6.45) is 4.14. The molecule has 1 aromatic heterocycles. The Morgan fingerprint density at radius 3 is 3.20 bits per heavy atom. The second-order valence-electron chi connectivity index (χ2n) is 3.10. The van der Waals surface area contributed by atoms with Crippen LogP contribution in [0.4, 0.5) is 0 Å². The van der Waals surface area contributed by atoms with Crippen molar-refractivity contribution >= 4 is 17.7 Å². The van der Waals surface area contributed by atoms with Crippen molar-refractivity contribution in [1.29, 1.82) is 0 Å². The monoisotopic (exact) mass is 229 g/mol. The van der Waals surface area contributed by atoms with Crippen molar-refractivity contribution in [3.05, 3.63) is 18.0 Å². The number of amides is 1. The topological polar surface area (TPSA) is 81.2 Å². The van der Waals surface area contributed by atoms with Crippen molar-refractivity contribution in [1.82, 2.24) is 10.5 Å². The largest absolute Gasteiger partial charge is 0.364 e. The third-order valence-electron chi connectivity index (χ3n) is 1.90. The molecule has 0 aliphatic carbocycles. The van der Waals surface area contributed by atoms with Gasteiger partial charge in [0.2, 0.25) is 5.91 Å². The summed E-state index contributed by atoms with van der Waals surface area (Å²) in [6, 6.07) is 1.26. The van der Waals surface area contributed by atoms with Gasteiger partial charge in [-0.25, -0.2) is 0 Å². The molecule has 5 nitrogen and oxygen atoms in total. The third kappa shape index (κ3) is 4.35. The van der Waals surface area contributed by atoms with E-state index < -0.39 is 6.04 Å². The van der Waals surface area contributed by atoms with Crippen LogP contribution in [0.25, 0.3) is 0 Å². The Morgan fingerprint density at radius 1 is 1.80 bits per heavy atom. The van der Waals surface area contributed by atoms with Crippen molar-refractivity contribution in [2.24, 2.45) is 5.73 Å². The maximum Gasteiger partial charge on any atom is 0.237 e. The van der Waals surface area contributed by atoms with Crippen LogP contribution < -0.4 is 11.1 Å². The van der Waals surface area contributed by atoms with E-state index in [1.54, 1.807) is 17.8 Å². The zero-order valence-corrected chi connectivity index (χ0v) is 9.42. The van der Waals surface area contributed by atoms with E-state index in [1.807, 2.05) is 6.26 Å². The van der Waals surface area contributed by atoms with Crippen molar-refractivity contribution in [3.63, 3.8) is 0 Å². The molecule has 1 rings (SSSR count). The molecule has 0 saturated heterocycles. The van der Waals surface area contributed by atoms with Gasteiger partial charge in [-0.1, -0.05) is 5.16 Å². The Labute approximate surface area is 92.8 Å². The van der Waals surface area contributed by atoms with Crippen LogP contribution in [0.2, 0.25) is 0 Å². The zero-order chi connectivity index (χ0) is 11.1. The summed E-state index contributed by atoms with van der Waals surface area (Å²) < 4.78 is 4.64. The molecule has 1 amide bonds. The highest BCUT2D eigenvalue weighted by Crippen LogP contribution is 1.99. The maximum atomic E-state index is 11.4. The van der Waals surface area contributed by atoms with Gasteiger partial charge in [-0.2, -0.15) is 11.8 Å². The van der Waals surface area contributed by atoms with E-state index in [1.165, 1.54) is 6.26 Å². The van der Waals surface area contributed by atoms with E-state index in [4.69, 9.17) is 5.73 Å². The van der Waals surface area contributed by atoms with Gasteiger partial charge in [0.25, 0.3) is 0 Å². The first-order valence-corrected chi connectivity index (χ1v) is 6.05. The van der Waals surface area contributed by atoms with Crippen molar-refractivity contribution in [2.75, 3.05) is 12.0 Å². The van der Waals surface area contributed by atoms with E-state index in [-0.39, 0.29) is 5.91 Å². The predicted molar refractivity (Wildman–Crippen MR) is 59.3 cm³/mol. The molecular weight excluding hydrogens is 214 g/mol. The summed E-state index contributed by atoms with van der Waals surface area (Å²) in [6.45, 7) is 0.363. The molecule has 0 unspecified atom stereocenters. The summed E-state index contributed by atoms with van der Waals surface area (Å²) in [5.41, 5.74) is 6.37. The summed E-state index contributed by atoms with van der Waals surface area (Å²) in [7, 11) is 0. The van der Waals surface area contributed by atoms with Crippen LogP contribution in [0.3, 0.4) is 0 Å². The molecule has 84 valence electrons. The van der Waals surface area contributed by atoms with E-state index in [9.17, 15) is 4.79 Å². The minimum Gasteiger partial charge on any atom is -0.364 e. The molecule has 3 N–H and O–H groups in total. The molecule has 1 heterocycles. The molecule has 15 heavy (non-hydrogen) atoms. The van der Waals surface area contributed by atoms with E-state index in [2.05, 4.69) is 15.0 Å². The van der Waals surface area contributed by atoms with Gasteiger partial charge >= 0.3 is 0 Å². The predicted octanol–water partition coefficient (Wildman–Crippen LogP) is 0.371. The highest BCUT2D eigenvalue weighted by molar-refractivity contribution is 7.98. The first-order valence-electron chi connectivity index (χ1n) is 4.65. The lowest BCUT2D eigenvalue weighted by molar-refractivity contribution is -0.122. The molecule has 0 aromatic carbocycles. The molecule has 0 radical (unpaired) electrons. The highest BCUT2D eigenvalue weighted by Gasteiger charge is 2.12. The number of carbonyl (C=O) groups excluding carboxylic acids is 1. The second kappa shape index (κ2) is 6.47. The van der Waals surface area contributed by atoms with Gasteiger partial charge in [0, 0.05) is 6.07 Å². The van der Waals surface area contributed by atoms with Crippen LogP contribution in [0.15, 0.2) is 16.9 Å². The number of thioether (sulfide) groups is 1. The number of carbonyl (C=O) groups is 1. The summed E-state index contributed by atoms with van der Waals surface area (Å²) >= 11 is 1.68. The standard InChI is InChI=1S/C9H15N3O2S/c1-15-5-3-8(10)9(13)11-6-7-2-4-14-12-7/h2,4,8H,3,5-6,10H2,1H3,(H,11,13)/t8-/m1/s1. The maximum absolute atomic E-state index is 11.4. The molecule has 0 bridgehead atoms. The lowest BCUT2D eigenvalue weighted by Gasteiger charge is -2.10. The van der Waals surface area contributed by atoms with E-state index in [0.29, 0.717) is 18.7 Å². The van der Waals surface area contributed by atoms with Crippen LogP contribution in [-0.2, 0) is 11.3 Å². The average Bonchev–Trinajstić information content (AvgIpc) is 2.75. The van der Waals surface area contributed by atoms with Crippen molar-refractivity contribution < 1.29 is 9.32 Å². The van der Waals surface area contributed by atoms with Crippen LogP contribution in [0.1, 0.15) is 12.1 Å². The van der Waals surface area contributed by atoms with Gasteiger partial charge in [0.15, 0.2) is 0 Å². The average molecular weight is 229 g/mol. The number of hydrogen-bond donors (Lipinski definition) is 2. The Bertz CT molecular complexity index is 290. The van der Waals surface area contributed by atoms with E-state index in [0.717, 1.165) is 5.75 Å². The molecular formula is C9H15N3O2S. The number of rotatable bonds is 6. The van der Waals surface area contributed by atoms with Crippen LogP contribution in [-0.4, -0.2) is 29.1 Å². The van der Waals surface area contributed by atoms with Gasteiger partial charge in [0.1, 0.15) is 12.0 Å². The normalized spacial score (nSPS) is 12.4. The SMILES string of the molecule is CSCC[C@@H](N)C(=O)NCc1ccon1. The Balaban J connectivity index is 2.23. The summed E-state index contributed by atoms with van der Waals surface area (Å²) in [4.78, 5) is 11.4. The van der Waals surface area contributed by atoms with Gasteiger partial charge in [-0.05, 0) is 18.4 Å². The van der Waals surface area contributed by atoms with Gasteiger partial charge in [-0.3, -0.25) is 4.79 Å². The molecule has 6 heteroatoms. The second-order valence-corrected chi connectivity index (χ2v) is 4.08. The first kappa shape index (κ1) is 12.1. The van der Waals surface area contributed by atoms with Crippen LogP contribution >= 0.6 is 11.8 Å². The van der Waals surface area contributed by atoms with Gasteiger partial charge in [-0.15, -0.1) is 0 Å². The smallest absolute Gasteiger partial charge is 0.237 e. The third-order valence-corrected chi connectivity index (χ3v) is 2.55. The van der Waals surface area contributed by atoms with Crippen molar-refractivity contribution in [3.8, 4) is 0 Å². The number of nitrogens with zero attached hydrogens (tertiary/aromatic N) is 1. The fraction of sp³-hybridized carbons (Fsp3) is 0.556. The molecule has 1 atom stereocenters. The minimum absolute atomic E-state index is 0.146. The number of nitrogens with two attached hydrogens (primary N) is 1. The molecule has 0 aliphatic heterocycles. The molecule has 0 aliphatic rings. The van der Waals surface area contributed by atoms with Crippen molar-refractivity contribution in [2.45, 2.75) is 19.0 Å². The lowest BCUT2D eigenvalue weighted by atomic mass is 10.2. The summed E-state index contributed by atoms with van der Waals surface area (Å²) in [5.74, 6) is 0.741. The number of hydrogen-bond acceptors (Lipinski definition) is 5.